The fourth-order valence-electron chi connectivity index (χ4n) is 3.61. The molecule has 8 heteroatoms. The lowest BCUT2D eigenvalue weighted by Gasteiger charge is -2.12. The summed E-state index contributed by atoms with van der Waals surface area (Å²) in [4.78, 5) is 16.7. The van der Waals surface area contributed by atoms with Crippen LogP contribution >= 0.6 is 0 Å². The monoisotopic (exact) mass is 463 g/mol. The van der Waals surface area contributed by atoms with Gasteiger partial charge in [0.1, 0.15) is 5.82 Å². The van der Waals surface area contributed by atoms with E-state index in [1.807, 2.05) is 12.1 Å². The highest BCUT2D eigenvalue weighted by Gasteiger charge is 2.18. The molecule has 0 unspecified atom stereocenters. The third-order valence-corrected chi connectivity index (χ3v) is 5.18. The number of aromatic nitrogens is 2. The number of hydrogen-bond acceptors (Lipinski definition) is 4. The number of halogens is 2. The molecule has 0 saturated carbocycles. The standard InChI is InChI=1S/C26H23F2N3O3/c1-3-6-17-9-14-22(23(15-17)33-2)34-16-24(32)29-19-12-10-18(11-13-19)25-30-20-7-4-5-8-21(20)31(25)26(27)28/h3-5,7-15,26H,1,6,16H2,2H3,(H,29,32). The fraction of sp³-hybridized carbons (Fsp3) is 0.154. The zero-order chi connectivity index (χ0) is 24.1. The highest BCUT2D eigenvalue weighted by molar-refractivity contribution is 5.92. The molecular weight excluding hydrogens is 440 g/mol. The molecular formula is C26H23F2N3O3. The number of nitrogens with one attached hydrogen (secondary N) is 1. The molecule has 174 valence electrons. The van der Waals surface area contributed by atoms with Crippen LogP contribution in [0.2, 0.25) is 0 Å². The summed E-state index contributed by atoms with van der Waals surface area (Å²) in [7, 11) is 1.53. The summed E-state index contributed by atoms with van der Waals surface area (Å²) in [5.41, 5.74) is 2.87. The number of methoxy groups -OCH3 is 1. The third kappa shape index (κ3) is 4.91. The maximum atomic E-state index is 13.7. The summed E-state index contributed by atoms with van der Waals surface area (Å²) in [6, 6.07) is 18.7. The van der Waals surface area contributed by atoms with Gasteiger partial charge in [0, 0.05) is 11.3 Å². The van der Waals surface area contributed by atoms with Crippen LogP contribution in [0, 0.1) is 0 Å². The number of hydrogen-bond donors (Lipinski definition) is 1. The van der Waals surface area contributed by atoms with Gasteiger partial charge in [-0.2, -0.15) is 8.78 Å². The second-order valence-corrected chi connectivity index (χ2v) is 7.46. The van der Waals surface area contributed by atoms with Gasteiger partial charge in [-0.05, 0) is 60.5 Å². The Kier molecular flexibility index (Phi) is 6.87. The molecule has 4 aromatic rings. The predicted octanol–water partition coefficient (Wildman–Crippen LogP) is 5.85. The first-order chi connectivity index (χ1) is 16.5. The van der Waals surface area contributed by atoms with Gasteiger partial charge in [0.2, 0.25) is 0 Å². The molecule has 0 saturated heterocycles. The minimum Gasteiger partial charge on any atom is -0.493 e. The number of benzene rings is 3. The Morgan fingerprint density at radius 1 is 1.12 bits per heavy atom. The molecule has 0 spiro atoms. The quantitative estimate of drug-likeness (QED) is 0.316. The number of nitrogens with zero attached hydrogens (tertiary/aromatic N) is 2. The molecule has 0 fully saturated rings. The van der Waals surface area contributed by atoms with Gasteiger partial charge in [0.15, 0.2) is 18.1 Å². The summed E-state index contributed by atoms with van der Waals surface area (Å²) >= 11 is 0. The number of allylic oxidation sites excluding steroid dienone is 1. The molecule has 1 aromatic heterocycles. The molecule has 3 aromatic carbocycles. The van der Waals surface area contributed by atoms with Crippen molar-refractivity contribution in [3.8, 4) is 22.9 Å². The molecule has 34 heavy (non-hydrogen) atoms. The normalized spacial score (nSPS) is 10.9. The zero-order valence-electron chi connectivity index (χ0n) is 18.5. The molecule has 6 nitrogen and oxygen atoms in total. The highest BCUT2D eigenvalue weighted by atomic mass is 19.3. The predicted molar refractivity (Wildman–Crippen MR) is 127 cm³/mol. The molecule has 0 radical (unpaired) electrons. The number of alkyl halides is 2. The van der Waals surface area contributed by atoms with E-state index in [2.05, 4.69) is 16.9 Å². The number of anilines is 1. The van der Waals surface area contributed by atoms with E-state index in [4.69, 9.17) is 9.47 Å². The van der Waals surface area contributed by atoms with Gasteiger partial charge in [0.25, 0.3) is 5.91 Å². The van der Waals surface area contributed by atoms with Crippen LogP contribution in [-0.2, 0) is 11.2 Å². The SMILES string of the molecule is C=CCc1ccc(OCC(=O)Nc2ccc(-c3nc4ccccc4n3C(F)F)cc2)c(OC)c1. The fourth-order valence-corrected chi connectivity index (χ4v) is 3.61. The van der Waals surface area contributed by atoms with Crippen molar-refractivity contribution in [2.24, 2.45) is 0 Å². The average Bonchev–Trinajstić information content (AvgIpc) is 3.24. The van der Waals surface area contributed by atoms with Crippen molar-refractivity contribution in [3.05, 3.63) is 84.9 Å². The first-order valence-corrected chi connectivity index (χ1v) is 10.6. The van der Waals surface area contributed by atoms with E-state index in [-0.39, 0.29) is 18.3 Å². The molecule has 0 bridgehead atoms. The molecule has 0 aliphatic rings. The van der Waals surface area contributed by atoms with E-state index in [0.29, 0.717) is 40.2 Å². The lowest BCUT2D eigenvalue weighted by Crippen LogP contribution is -2.20. The van der Waals surface area contributed by atoms with E-state index >= 15 is 0 Å². The van der Waals surface area contributed by atoms with E-state index in [0.717, 1.165) is 10.1 Å². The first kappa shape index (κ1) is 23.0. The number of carbonyl (C=O) groups is 1. The Hall–Kier alpha value is -4.20. The summed E-state index contributed by atoms with van der Waals surface area (Å²) in [5.74, 6) is 0.763. The van der Waals surface area contributed by atoms with Crippen molar-refractivity contribution in [3.63, 3.8) is 0 Å². The van der Waals surface area contributed by atoms with Gasteiger partial charge >= 0.3 is 6.55 Å². The third-order valence-electron chi connectivity index (χ3n) is 5.18. The second kappa shape index (κ2) is 10.2. The van der Waals surface area contributed by atoms with Crippen molar-refractivity contribution in [1.82, 2.24) is 9.55 Å². The maximum absolute atomic E-state index is 13.7. The number of para-hydroxylation sites is 2. The summed E-state index contributed by atoms with van der Waals surface area (Å²) in [6.45, 7) is 0.758. The molecule has 0 aliphatic heterocycles. The topological polar surface area (TPSA) is 65.4 Å². The molecule has 0 atom stereocenters. The Bertz CT molecular complexity index is 1320. The van der Waals surface area contributed by atoms with Crippen LogP contribution in [0.1, 0.15) is 12.1 Å². The zero-order valence-corrected chi connectivity index (χ0v) is 18.5. The van der Waals surface area contributed by atoms with Gasteiger partial charge in [-0.25, -0.2) is 4.98 Å². The molecule has 1 amide bonds. The van der Waals surface area contributed by atoms with E-state index < -0.39 is 6.55 Å². The van der Waals surface area contributed by atoms with Crippen molar-refractivity contribution in [1.29, 1.82) is 0 Å². The molecule has 1 heterocycles. The van der Waals surface area contributed by atoms with Gasteiger partial charge in [0.05, 0.1) is 18.1 Å². The van der Waals surface area contributed by atoms with Crippen LogP contribution < -0.4 is 14.8 Å². The van der Waals surface area contributed by atoms with Gasteiger partial charge in [-0.3, -0.25) is 9.36 Å². The molecule has 4 rings (SSSR count). The first-order valence-electron chi connectivity index (χ1n) is 10.6. The van der Waals surface area contributed by atoms with Crippen molar-refractivity contribution in [2.45, 2.75) is 13.0 Å². The van der Waals surface area contributed by atoms with Crippen LogP contribution in [0.15, 0.2) is 79.4 Å². The minimum atomic E-state index is -2.73. The van der Waals surface area contributed by atoms with E-state index in [1.165, 1.54) is 7.11 Å². The number of ether oxygens (including phenoxy) is 2. The van der Waals surface area contributed by atoms with Crippen LogP contribution in [-0.4, -0.2) is 29.2 Å². The average molecular weight is 463 g/mol. The number of imidazole rings is 1. The number of carbonyl (C=O) groups excluding carboxylic acids is 1. The molecule has 1 N–H and O–H groups in total. The van der Waals surface area contributed by atoms with Crippen LogP contribution in [0.25, 0.3) is 22.4 Å². The largest absolute Gasteiger partial charge is 0.493 e. The number of amides is 1. The Morgan fingerprint density at radius 2 is 1.88 bits per heavy atom. The van der Waals surface area contributed by atoms with E-state index in [9.17, 15) is 13.6 Å². The van der Waals surface area contributed by atoms with Crippen LogP contribution in [0.3, 0.4) is 0 Å². The Balaban J connectivity index is 1.44. The maximum Gasteiger partial charge on any atom is 0.320 e. The number of fused-ring (bicyclic) bond motifs is 1. The van der Waals surface area contributed by atoms with E-state index in [1.54, 1.807) is 60.7 Å². The lowest BCUT2D eigenvalue weighted by atomic mass is 10.1. The van der Waals surface area contributed by atoms with Gasteiger partial charge in [-0.1, -0.05) is 24.3 Å². The minimum absolute atomic E-state index is 0.157. The van der Waals surface area contributed by atoms with Crippen molar-refractivity contribution < 1.29 is 23.0 Å². The van der Waals surface area contributed by atoms with Crippen molar-refractivity contribution in [2.75, 3.05) is 19.0 Å². The van der Waals surface area contributed by atoms with Gasteiger partial charge < -0.3 is 14.8 Å². The highest BCUT2D eigenvalue weighted by Crippen LogP contribution is 2.31. The smallest absolute Gasteiger partial charge is 0.320 e. The van der Waals surface area contributed by atoms with Crippen LogP contribution in [0.5, 0.6) is 11.5 Å². The summed E-state index contributed by atoms with van der Waals surface area (Å²) in [6.07, 6.45) is 2.48. The van der Waals surface area contributed by atoms with Crippen molar-refractivity contribution >= 4 is 22.6 Å². The lowest BCUT2D eigenvalue weighted by molar-refractivity contribution is -0.118. The summed E-state index contributed by atoms with van der Waals surface area (Å²) < 4.78 is 39.2. The summed E-state index contributed by atoms with van der Waals surface area (Å²) in [5, 5.41) is 2.73. The Labute approximate surface area is 195 Å². The Morgan fingerprint density at radius 3 is 2.59 bits per heavy atom. The molecule has 0 aliphatic carbocycles. The van der Waals surface area contributed by atoms with Gasteiger partial charge in [-0.15, -0.1) is 6.58 Å². The van der Waals surface area contributed by atoms with Crippen LogP contribution in [0.4, 0.5) is 14.5 Å². The second-order valence-electron chi connectivity index (χ2n) is 7.46. The number of rotatable bonds is 9.